The maximum atomic E-state index is 11.0. The highest BCUT2D eigenvalue weighted by Gasteiger charge is 2.17. The van der Waals surface area contributed by atoms with Gasteiger partial charge in [-0.3, -0.25) is 0 Å². The topological polar surface area (TPSA) is 132 Å². The molecule has 0 aromatic carbocycles. The van der Waals surface area contributed by atoms with E-state index >= 15 is 0 Å². The lowest BCUT2D eigenvalue weighted by Gasteiger charge is -2.15. The fourth-order valence-corrected chi connectivity index (χ4v) is 8.54. The minimum absolute atomic E-state index is 0.268. The lowest BCUT2D eigenvalue weighted by atomic mass is 10.4. The lowest BCUT2D eigenvalue weighted by molar-refractivity contribution is -0.139. The quantitative estimate of drug-likeness (QED) is 0.0340. The van der Waals surface area contributed by atoms with Crippen LogP contribution in [-0.4, -0.2) is 103 Å². The van der Waals surface area contributed by atoms with E-state index in [2.05, 4.69) is 131 Å². The maximum absolute atomic E-state index is 11.0. The van der Waals surface area contributed by atoms with Gasteiger partial charge in [-0.2, -0.15) is 0 Å². The van der Waals surface area contributed by atoms with Gasteiger partial charge in [-0.05, 0) is 59.9 Å². The maximum Gasteiger partial charge on any atom is 0.333 e. The van der Waals surface area contributed by atoms with Crippen molar-refractivity contribution in [3.05, 3.63) is 60.8 Å². The van der Waals surface area contributed by atoms with Crippen molar-refractivity contribution in [2.24, 2.45) is 0 Å². The van der Waals surface area contributed by atoms with E-state index in [9.17, 15) is 24.0 Å². The number of ether oxygens (including phenoxy) is 5. The highest BCUT2D eigenvalue weighted by atomic mass is 28.3. The average Bonchev–Trinajstić information content (AvgIpc) is 3.07. The molecule has 0 aromatic rings. The Balaban J connectivity index is -0.000000219. The largest absolute Gasteiger partial charge is 0.466 e. The monoisotopic (exact) mass is 959 g/mol. The summed E-state index contributed by atoms with van der Waals surface area (Å²) >= 11 is 0. The van der Waals surface area contributed by atoms with Crippen LogP contribution in [0, 0.1) is 0 Å². The Morgan fingerprint density at radius 3 is 0.677 bits per heavy atom. The van der Waals surface area contributed by atoms with Crippen LogP contribution in [0.2, 0.25) is 122 Å². The third-order valence-electron chi connectivity index (χ3n) is 7.38. The van der Waals surface area contributed by atoms with Crippen molar-refractivity contribution in [1.29, 1.82) is 0 Å². The molecule has 0 aromatic heterocycles. The zero-order valence-corrected chi connectivity index (χ0v) is 48.6. The van der Waals surface area contributed by atoms with Crippen LogP contribution in [0.4, 0.5) is 0 Å². The van der Waals surface area contributed by atoms with Gasteiger partial charge in [0.2, 0.25) is 0 Å². The molecule has 0 aliphatic heterocycles. The summed E-state index contributed by atoms with van der Waals surface area (Å²) in [5, 5.41) is 0. The first-order valence-corrected chi connectivity index (χ1v) is 40.3. The van der Waals surface area contributed by atoms with Gasteiger partial charge in [-0.1, -0.05) is 149 Å². The standard InChI is InChI=1S/3C10H20O2Si.C9H18O2Si.C8H16O2Si/c3*1-9(2)10(11)12-7-6-8-13(3,4)5;1-8(2)9(10)11-6-7-12(3,4)5;1-7(2)8(9)10-6-11(3,4)5/h3*1,6-8H2,2-5H3;1,6-7H2,2-5H3;1,6H2,2-5H3. The number of carbonyl (C=O) groups excluding carboxylic acids is 5. The average molecular weight is 960 g/mol. The number of hydrogen-bond donors (Lipinski definition) is 0. The molecule has 0 heterocycles. The molecule has 0 saturated heterocycles. The van der Waals surface area contributed by atoms with Crippen LogP contribution in [0.3, 0.4) is 0 Å². The molecule has 62 heavy (non-hydrogen) atoms. The number of hydrogen-bond acceptors (Lipinski definition) is 10. The molecule has 0 amide bonds. The minimum Gasteiger partial charge on any atom is -0.466 e. The Hall–Kier alpha value is -2.87. The Bertz CT molecular complexity index is 1310. The molecule has 0 fully saturated rings. The van der Waals surface area contributed by atoms with E-state index in [-0.39, 0.29) is 29.8 Å². The molecule has 0 rings (SSSR count). The molecule has 362 valence electrons. The van der Waals surface area contributed by atoms with Crippen LogP contribution >= 0.6 is 0 Å². The van der Waals surface area contributed by atoms with E-state index in [1.807, 2.05) is 0 Å². The zero-order valence-electron chi connectivity index (χ0n) is 43.6. The predicted octanol–water partition coefficient (Wildman–Crippen LogP) is 12.9. The molecule has 0 spiro atoms. The van der Waals surface area contributed by atoms with Crippen molar-refractivity contribution in [2.75, 3.05) is 32.7 Å². The van der Waals surface area contributed by atoms with Gasteiger partial charge in [0, 0.05) is 60.2 Å². The second kappa shape index (κ2) is 34.5. The molecule has 0 saturated carbocycles. The number of esters is 5. The van der Waals surface area contributed by atoms with Crippen molar-refractivity contribution in [2.45, 2.75) is 176 Å². The molecular weight excluding hydrogens is 865 g/mol. The van der Waals surface area contributed by atoms with Crippen molar-refractivity contribution in [3.63, 3.8) is 0 Å². The van der Waals surface area contributed by atoms with Crippen LogP contribution < -0.4 is 0 Å². The van der Waals surface area contributed by atoms with Gasteiger partial charge in [0.25, 0.3) is 0 Å². The molecule has 0 unspecified atom stereocenters. The third kappa shape index (κ3) is 61.4. The van der Waals surface area contributed by atoms with E-state index in [1.165, 1.54) is 18.1 Å². The molecule has 0 atom stereocenters. The Morgan fingerprint density at radius 2 is 0.500 bits per heavy atom. The first-order valence-electron chi connectivity index (χ1n) is 21.8. The normalized spacial score (nSPS) is 11.0. The molecular formula is C47H94O10Si5. The van der Waals surface area contributed by atoms with Crippen molar-refractivity contribution in [3.8, 4) is 0 Å². The minimum atomic E-state index is -1.25. The molecule has 0 bridgehead atoms. The van der Waals surface area contributed by atoms with Crippen molar-refractivity contribution >= 4 is 70.2 Å². The van der Waals surface area contributed by atoms with E-state index < -0.39 is 40.4 Å². The first-order chi connectivity index (χ1) is 27.6. The first kappa shape index (κ1) is 68.2. The van der Waals surface area contributed by atoms with Gasteiger partial charge in [-0.15, -0.1) is 0 Å². The summed E-state index contributed by atoms with van der Waals surface area (Å²) in [5.41, 5.74) is 2.39. The van der Waals surface area contributed by atoms with Gasteiger partial charge in [0.15, 0.2) is 0 Å². The molecule has 15 heteroatoms. The van der Waals surface area contributed by atoms with Gasteiger partial charge >= 0.3 is 29.8 Å². The molecule has 0 aliphatic rings. The van der Waals surface area contributed by atoms with Gasteiger partial charge < -0.3 is 23.7 Å². The Labute approximate surface area is 385 Å². The van der Waals surface area contributed by atoms with Crippen LogP contribution in [0.1, 0.15) is 53.9 Å². The zero-order chi connectivity index (χ0) is 50.3. The van der Waals surface area contributed by atoms with E-state index in [0.717, 1.165) is 25.3 Å². The summed E-state index contributed by atoms with van der Waals surface area (Å²) in [6.07, 6.45) is 3.52. The molecule has 0 aliphatic carbocycles. The van der Waals surface area contributed by atoms with Crippen LogP contribution in [-0.2, 0) is 47.7 Å². The van der Waals surface area contributed by atoms with Gasteiger partial charge in [0.1, 0.15) is 0 Å². The second-order valence-electron chi connectivity index (χ2n) is 21.9. The fourth-order valence-electron chi connectivity index (χ4n) is 3.65. The fraction of sp³-hybridized carbons (Fsp3) is 0.681. The third-order valence-corrected chi connectivity index (χ3v) is 15.7. The number of rotatable bonds is 22. The van der Waals surface area contributed by atoms with Crippen LogP contribution in [0.5, 0.6) is 0 Å². The van der Waals surface area contributed by atoms with E-state index in [1.54, 1.807) is 34.6 Å². The molecule has 0 N–H and O–H groups in total. The second-order valence-corrected chi connectivity index (χ2v) is 49.8. The summed E-state index contributed by atoms with van der Waals surface area (Å²) in [4.78, 5) is 54.7. The van der Waals surface area contributed by atoms with Crippen LogP contribution in [0.25, 0.3) is 0 Å². The Kier molecular flexibility index (Phi) is 38.0. The van der Waals surface area contributed by atoms with E-state index in [0.29, 0.717) is 60.5 Å². The highest BCUT2D eigenvalue weighted by molar-refractivity contribution is 6.77. The van der Waals surface area contributed by atoms with Gasteiger partial charge in [0.05, 0.1) is 40.7 Å². The summed E-state index contributed by atoms with van der Waals surface area (Å²) in [6, 6.07) is 4.63. The number of carbonyl (C=O) groups is 5. The van der Waals surface area contributed by atoms with Crippen molar-refractivity contribution < 1.29 is 47.7 Å². The summed E-state index contributed by atoms with van der Waals surface area (Å²) < 4.78 is 24.9. The smallest absolute Gasteiger partial charge is 0.333 e. The van der Waals surface area contributed by atoms with Crippen LogP contribution in [0.15, 0.2) is 60.8 Å². The summed E-state index contributed by atoms with van der Waals surface area (Å²) in [6.45, 7) is 62.1. The summed E-state index contributed by atoms with van der Waals surface area (Å²) in [7, 11) is -5.23. The predicted molar refractivity (Wildman–Crippen MR) is 279 cm³/mol. The summed E-state index contributed by atoms with van der Waals surface area (Å²) in [5.74, 6) is -1.34. The van der Waals surface area contributed by atoms with Crippen molar-refractivity contribution in [1.82, 2.24) is 0 Å². The highest BCUT2D eigenvalue weighted by Crippen LogP contribution is 2.13. The molecule has 0 radical (unpaired) electrons. The van der Waals surface area contributed by atoms with E-state index in [4.69, 9.17) is 23.7 Å². The SMILES string of the molecule is C=C(C)C(=O)OCCC[Si](C)(C)C.C=C(C)C(=O)OCCC[Si](C)(C)C.C=C(C)C(=O)OCCC[Si](C)(C)C.C=C(C)C(=O)OCC[Si](C)(C)C.C=C(C)C(=O)OC[Si](C)(C)C. The lowest BCUT2D eigenvalue weighted by Crippen LogP contribution is -2.29. The molecule has 10 nitrogen and oxygen atoms in total. The van der Waals surface area contributed by atoms with Gasteiger partial charge in [-0.25, -0.2) is 24.0 Å². The Morgan fingerprint density at radius 1 is 0.306 bits per heavy atom.